The molecule has 0 saturated heterocycles. The van der Waals surface area contributed by atoms with E-state index in [1.165, 1.54) is 0 Å². The summed E-state index contributed by atoms with van der Waals surface area (Å²) < 4.78 is 11.1. The number of rotatable bonds is 5. The van der Waals surface area contributed by atoms with Crippen molar-refractivity contribution in [2.75, 3.05) is 0 Å². The van der Waals surface area contributed by atoms with Gasteiger partial charge in [0.2, 0.25) is 0 Å². The molecule has 0 saturated carbocycles. The lowest BCUT2D eigenvalue weighted by atomic mass is 9.78. The molecule has 1 aliphatic heterocycles. The zero-order chi connectivity index (χ0) is 22.0. The molecule has 2 aromatic carbocycles. The highest BCUT2D eigenvalue weighted by Gasteiger charge is 2.39. The Morgan fingerprint density at radius 3 is 1.83 bits per heavy atom. The molecule has 1 aliphatic rings. The molecule has 1 heterocycles. The number of hydrogen-bond donors (Lipinski definition) is 1. The number of carbonyl (C=O) groups is 2. The summed E-state index contributed by atoms with van der Waals surface area (Å²) in [4.78, 5) is 26.3. The Labute approximate surface area is 177 Å². The highest BCUT2D eigenvalue weighted by molar-refractivity contribution is 6.02. The Bertz CT molecular complexity index is 997. The Morgan fingerprint density at radius 2 is 1.30 bits per heavy atom. The summed E-state index contributed by atoms with van der Waals surface area (Å²) in [5.74, 6) is -1.46. The van der Waals surface area contributed by atoms with Gasteiger partial charge in [-0.1, -0.05) is 42.5 Å². The first-order valence-electron chi connectivity index (χ1n) is 10.3. The van der Waals surface area contributed by atoms with Crippen molar-refractivity contribution in [3.63, 3.8) is 0 Å². The third-order valence-electron chi connectivity index (χ3n) is 5.02. The summed E-state index contributed by atoms with van der Waals surface area (Å²) in [7, 11) is 0. The molecule has 0 aromatic heterocycles. The molecular weight excluding hydrogens is 378 g/mol. The van der Waals surface area contributed by atoms with Crippen molar-refractivity contribution in [1.82, 2.24) is 5.32 Å². The van der Waals surface area contributed by atoms with Crippen LogP contribution in [-0.4, -0.2) is 24.1 Å². The minimum absolute atomic E-state index is 0.274. The molecule has 5 heteroatoms. The lowest BCUT2D eigenvalue weighted by Gasteiger charge is -2.31. The fraction of sp³-hybridized carbons (Fsp3) is 0.360. The van der Waals surface area contributed by atoms with Gasteiger partial charge >= 0.3 is 11.9 Å². The number of nitrogens with one attached hydrogen (secondary N) is 1. The first-order valence-corrected chi connectivity index (χ1v) is 10.3. The summed E-state index contributed by atoms with van der Waals surface area (Å²) in [5, 5.41) is 5.22. The summed E-state index contributed by atoms with van der Waals surface area (Å²) in [5.41, 5.74) is 3.09. The summed E-state index contributed by atoms with van der Waals surface area (Å²) >= 11 is 0. The lowest BCUT2D eigenvalue weighted by Crippen LogP contribution is -2.33. The second-order valence-corrected chi connectivity index (χ2v) is 8.11. The fourth-order valence-corrected chi connectivity index (χ4v) is 3.90. The standard InChI is InChI=1S/C25H29NO4/c1-14(2)29-24(27)21-16(5)26-17(6)22(25(28)30-15(3)4)23(21)20-13-9-11-18-10-7-8-12-19(18)20/h7-15,23,26H,1-6H3. The molecule has 0 aliphatic carbocycles. The van der Waals surface area contributed by atoms with E-state index >= 15 is 0 Å². The van der Waals surface area contributed by atoms with Gasteiger partial charge in [-0.3, -0.25) is 0 Å². The van der Waals surface area contributed by atoms with Crippen LogP contribution in [0.3, 0.4) is 0 Å². The smallest absolute Gasteiger partial charge is 0.337 e. The van der Waals surface area contributed by atoms with Crippen LogP contribution in [0, 0.1) is 0 Å². The minimum atomic E-state index is -0.588. The number of fused-ring (bicyclic) bond motifs is 1. The monoisotopic (exact) mass is 407 g/mol. The van der Waals surface area contributed by atoms with Crippen molar-refractivity contribution >= 4 is 22.7 Å². The molecule has 0 unspecified atom stereocenters. The van der Waals surface area contributed by atoms with Crippen molar-refractivity contribution in [2.24, 2.45) is 0 Å². The van der Waals surface area contributed by atoms with Gasteiger partial charge in [0.25, 0.3) is 0 Å². The molecule has 2 aromatic rings. The topological polar surface area (TPSA) is 64.6 Å². The predicted molar refractivity (Wildman–Crippen MR) is 118 cm³/mol. The van der Waals surface area contributed by atoms with E-state index in [0.717, 1.165) is 16.3 Å². The Morgan fingerprint density at radius 1 is 0.800 bits per heavy atom. The van der Waals surface area contributed by atoms with Gasteiger partial charge in [-0.2, -0.15) is 0 Å². The van der Waals surface area contributed by atoms with Gasteiger partial charge in [0.1, 0.15) is 0 Å². The van der Waals surface area contributed by atoms with Gasteiger partial charge in [0, 0.05) is 11.4 Å². The zero-order valence-corrected chi connectivity index (χ0v) is 18.4. The second kappa shape index (κ2) is 8.74. The van der Waals surface area contributed by atoms with Crippen molar-refractivity contribution in [3.05, 3.63) is 70.6 Å². The second-order valence-electron chi connectivity index (χ2n) is 8.11. The van der Waals surface area contributed by atoms with E-state index in [1.807, 2.05) is 84.0 Å². The molecule has 0 amide bonds. The average Bonchev–Trinajstić information content (AvgIpc) is 2.65. The normalized spacial score (nSPS) is 15.1. The number of hydrogen-bond acceptors (Lipinski definition) is 5. The predicted octanol–water partition coefficient (Wildman–Crippen LogP) is 4.98. The largest absolute Gasteiger partial charge is 0.460 e. The van der Waals surface area contributed by atoms with Crippen molar-refractivity contribution in [3.8, 4) is 0 Å². The molecule has 0 spiro atoms. The van der Waals surface area contributed by atoms with Gasteiger partial charge < -0.3 is 14.8 Å². The van der Waals surface area contributed by atoms with Crippen LogP contribution in [0.1, 0.15) is 53.0 Å². The third kappa shape index (κ3) is 4.25. The molecule has 158 valence electrons. The van der Waals surface area contributed by atoms with Gasteiger partial charge in [-0.05, 0) is 57.9 Å². The zero-order valence-electron chi connectivity index (χ0n) is 18.4. The fourth-order valence-electron chi connectivity index (χ4n) is 3.90. The van der Waals surface area contributed by atoms with E-state index in [4.69, 9.17) is 9.47 Å². The van der Waals surface area contributed by atoms with E-state index in [-0.39, 0.29) is 12.2 Å². The van der Waals surface area contributed by atoms with Gasteiger partial charge in [0.15, 0.2) is 0 Å². The molecular formula is C25H29NO4. The van der Waals surface area contributed by atoms with E-state index in [1.54, 1.807) is 0 Å². The maximum absolute atomic E-state index is 13.1. The van der Waals surface area contributed by atoms with E-state index < -0.39 is 17.9 Å². The lowest BCUT2D eigenvalue weighted by molar-refractivity contribution is -0.143. The van der Waals surface area contributed by atoms with E-state index in [0.29, 0.717) is 22.5 Å². The maximum Gasteiger partial charge on any atom is 0.337 e. The first kappa shape index (κ1) is 21.6. The molecule has 0 fully saturated rings. The van der Waals surface area contributed by atoms with E-state index in [9.17, 15) is 9.59 Å². The molecule has 5 nitrogen and oxygen atoms in total. The summed E-state index contributed by atoms with van der Waals surface area (Å²) in [6.07, 6.45) is -0.548. The van der Waals surface area contributed by atoms with Crippen molar-refractivity contribution < 1.29 is 19.1 Å². The van der Waals surface area contributed by atoms with Crippen molar-refractivity contribution in [1.29, 1.82) is 0 Å². The first-order chi connectivity index (χ1) is 14.2. The van der Waals surface area contributed by atoms with Gasteiger partial charge in [0.05, 0.1) is 29.3 Å². The van der Waals surface area contributed by atoms with Crippen LogP contribution >= 0.6 is 0 Å². The number of esters is 2. The minimum Gasteiger partial charge on any atom is -0.460 e. The molecule has 0 radical (unpaired) electrons. The Kier molecular flexibility index (Phi) is 6.30. The summed E-state index contributed by atoms with van der Waals surface area (Å²) in [6.45, 7) is 10.9. The molecule has 0 atom stereocenters. The van der Waals surface area contributed by atoms with Gasteiger partial charge in [-0.25, -0.2) is 9.59 Å². The van der Waals surface area contributed by atoms with Crippen LogP contribution in [-0.2, 0) is 19.1 Å². The SMILES string of the molecule is CC1=C(C(=O)OC(C)C)C(c2cccc3ccccc23)C(C(=O)OC(C)C)=C(C)N1. The third-order valence-corrected chi connectivity index (χ3v) is 5.02. The Balaban J connectivity index is 2.26. The van der Waals surface area contributed by atoms with Crippen LogP contribution in [0.2, 0.25) is 0 Å². The van der Waals surface area contributed by atoms with Crippen LogP contribution in [0.5, 0.6) is 0 Å². The highest BCUT2D eigenvalue weighted by atomic mass is 16.5. The van der Waals surface area contributed by atoms with Crippen LogP contribution in [0.15, 0.2) is 65.0 Å². The van der Waals surface area contributed by atoms with E-state index in [2.05, 4.69) is 5.32 Å². The van der Waals surface area contributed by atoms with Crippen LogP contribution < -0.4 is 5.32 Å². The number of ether oxygens (including phenoxy) is 2. The molecule has 3 rings (SSSR count). The Hall–Kier alpha value is -3.08. The van der Waals surface area contributed by atoms with Crippen LogP contribution in [0.25, 0.3) is 10.8 Å². The molecule has 1 N–H and O–H groups in total. The van der Waals surface area contributed by atoms with Crippen LogP contribution in [0.4, 0.5) is 0 Å². The number of dihydropyridines is 1. The quantitative estimate of drug-likeness (QED) is 0.709. The molecule has 30 heavy (non-hydrogen) atoms. The number of allylic oxidation sites excluding steroid dienone is 2. The number of benzene rings is 2. The maximum atomic E-state index is 13.1. The van der Waals surface area contributed by atoms with Gasteiger partial charge in [-0.15, -0.1) is 0 Å². The number of carbonyl (C=O) groups excluding carboxylic acids is 2. The van der Waals surface area contributed by atoms with Crippen molar-refractivity contribution in [2.45, 2.75) is 59.7 Å². The molecule has 0 bridgehead atoms. The highest BCUT2D eigenvalue weighted by Crippen LogP contribution is 2.42. The average molecular weight is 408 g/mol. The summed E-state index contributed by atoms with van der Waals surface area (Å²) in [6, 6.07) is 13.9.